The Hall–Kier alpha value is -5.72. The third-order valence-corrected chi connectivity index (χ3v) is 9.72. The zero-order valence-electron chi connectivity index (χ0n) is 23.2. The quantitative estimate of drug-likeness (QED) is 0.207. The zero-order chi connectivity index (χ0) is 28.8. The number of rotatable bonds is 3. The molecule has 0 amide bonds. The second-order valence-electron chi connectivity index (χ2n) is 11.0. The van der Waals surface area contributed by atoms with Crippen molar-refractivity contribution in [2.45, 2.75) is 0 Å². The molecule has 6 heteroatoms. The summed E-state index contributed by atoms with van der Waals surface area (Å²) in [5.74, 6) is 0.769. The van der Waals surface area contributed by atoms with Crippen molar-refractivity contribution >= 4 is 104 Å². The number of para-hydroxylation sites is 2. The van der Waals surface area contributed by atoms with Crippen molar-refractivity contribution in [1.29, 1.82) is 0 Å². The molecule has 0 aliphatic heterocycles. The first-order chi connectivity index (χ1) is 21.8. The normalized spacial score (nSPS) is 12.1. The molecular formula is C38H21N3O2S. The van der Waals surface area contributed by atoms with Crippen LogP contribution in [0, 0.1) is 0 Å². The number of anilines is 3. The molecule has 0 radical (unpaired) electrons. The Kier molecular flexibility index (Phi) is 4.81. The first kappa shape index (κ1) is 23.8. The Morgan fingerprint density at radius 2 is 1.27 bits per heavy atom. The SMILES string of the molecule is c1ccc2c(c1)ccc1c3cc(N(c4cnc5c(c4)oc4ccccc45)c4ccc5oc6ccccc6c5n4)ccc3sc21. The number of benzene rings is 5. The summed E-state index contributed by atoms with van der Waals surface area (Å²) >= 11 is 1.84. The molecule has 5 nitrogen and oxygen atoms in total. The maximum atomic E-state index is 6.26. The molecule has 10 rings (SSSR count). The van der Waals surface area contributed by atoms with Gasteiger partial charge in [0.2, 0.25) is 0 Å². The number of furan rings is 2. The number of nitrogens with zero attached hydrogens (tertiary/aromatic N) is 3. The van der Waals surface area contributed by atoms with Gasteiger partial charge in [-0.3, -0.25) is 4.90 Å². The highest BCUT2D eigenvalue weighted by atomic mass is 32.1. The molecule has 0 saturated heterocycles. The lowest BCUT2D eigenvalue weighted by molar-refractivity contribution is 0.667. The average Bonchev–Trinajstić information content (AvgIpc) is 3.75. The van der Waals surface area contributed by atoms with Gasteiger partial charge in [0.1, 0.15) is 28.0 Å². The molecule has 0 fully saturated rings. The van der Waals surface area contributed by atoms with Crippen molar-refractivity contribution in [2.75, 3.05) is 4.90 Å². The molecule has 5 aromatic carbocycles. The molecule has 5 heterocycles. The van der Waals surface area contributed by atoms with Gasteiger partial charge in [-0.1, -0.05) is 60.7 Å². The van der Waals surface area contributed by atoms with Crippen LogP contribution in [0.25, 0.3) is 75.1 Å². The summed E-state index contributed by atoms with van der Waals surface area (Å²) in [6, 6.07) is 41.8. The van der Waals surface area contributed by atoms with E-state index in [4.69, 9.17) is 18.8 Å². The van der Waals surface area contributed by atoms with E-state index in [1.165, 1.54) is 30.9 Å². The first-order valence-corrected chi connectivity index (χ1v) is 15.3. The van der Waals surface area contributed by atoms with Crippen LogP contribution >= 0.6 is 11.3 Å². The van der Waals surface area contributed by atoms with E-state index in [1.54, 1.807) is 0 Å². The number of hydrogen-bond donors (Lipinski definition) is 0. The van der Waals surface area contributed by atoms with Gasteiger partial charge in [-0.15, -0.1) is 11.3 Å². The number of aromatic nitrogens is 2. The minimum absolute atomic E-state index is 0.733. The Bertz CT molecular complexity index is 2750. The van der Waals surface area contributed by atoms with Crippen molar-refractivity contribution in [2.24, 2.45) is 0 Å². The van der Waals surface area contributed by atoms with E-state index < -0.39 is 0 Å². The predicted octanol–water partition coefficient (Wildman–Crippen LogP) is 11.3. The summed E-state index contributed by atoms with van der Waals surface area (Å²) in [6.07, 6.45) is 1.91. The molecule has 5 aromatic heterocycles. The second-order valence-corrected chi connectivity index (χ2v) is 12.1. The zero-order valence-corrected chi connectivity index (χ0v) is 24.0. The Balaban J connectivity index is 1.23. The lowest BCUT2D eigenvalue weighted by Crippen LogP contribution is -2.11. The van der Waals surface area contributed by atoms with Crippen molar-refractivity contribution in [3.8, 4) is 0 Å². The van der Waals surface area contributed by atoms with Crippen molar-refractivity contribution in [3.05, 3.63) is 128 Å². The number of pyridine rings is 2. The summed E-state index contributed by atoms with van der Waals surface area (Å²) in [7, 11) is 0. The van der Waals surface area contributed by atoms with Crippen molar-refractivity contribution in [3.63, 3.8) is 0 Å². The Labute approximate surface area is 254 Å². The summed E-state index contributed by atoms with van der Waals surface area (Å²) < 4.78 is 14.9. The molecule has 44 heavy (non-hydrogen) atoms. The summed E-state index contributed by atoms with van der Waals surface area (Å²) in [4.78, 5) is 12.2. The van der Waals surface area contributed by atoms with Gasteiger partial charge in [-0.2, -0.15) is 0 Å². The van der Waals surface area contributed by atoms with Crippen LogP contribution in [0.3, 0.4) is 0 Å². The van der Waals surface area contributed by atoms with Crippen LogP contribution in [-0.2, 0) is 0 Å². The molecule has 206 valence electrons. The fourth-order valence-corrected chi connectivity index (χ4v) is 7.68. The van der Waals surface area contributed by atoms with Crippen LogP contribution in [0.5, 0.6) is 0 Å². The molecule has 10 aromatic rings. The van der Waals surface area contributed by atoms with Crippen LogP contribution in [0.2, 0.25) is 0 Å². The smallest absolute Gasteiger partial charge is 0.155 e. The lowest BCUT2D eigenvalue weighted by atomic mass is 10.1. The maximum Gasteiger partial charge on any atom is 0.155 e. The highest BCUT2D eigenvalue weighted by Crippen LogP contribution is 2.43. The minimum atomic E-state index is 0.733. The van der Waals surface area contributed by atoms with E-state index in [9.17, 15) is 0 Å². The van der Waals surface area contributed by atoms with Gasteiger partial charge in [0.25, 0.3) is 0 Å². The monoisotopic (exact) mass is 583 g/mol. The molecule has 0 spiro atoms. The third-order valence-electron chi connectivity index (χ3n) is 8.50. The van der Waals surface area contributed by atoms with Crippen LogP contribution in [0.1, 0.15) is 0 Å². The highest BCUT2D eigenvalue weighted by Gasteiger charge is 2.20. The standard InChI is InChI=1S/C38H21N3O2S/c1-2-8-25-22(7-1)13-15-26-29-19-23(14-17-34(29)44-38(25)26)41(24-20-33-36(39-21-24)27-9-3-5-11-30(27)43-33)35-18-16-32-37(40-35)28-10-4-6-12-31(28)42-32/h1-21H. The van der Waals surface area contributed by atoms with Gasteiger partial charge in [0.15, 0.2) is 11.2 Å². The maximum absolute atomic E-state index is 6.26. The first-order valence-electron chi connectivity index (χ1n) is 14.5. The fourth-order valence-electron chi connectivity index (χ4n) is 6.46. The molecule has 0 N–H and O–H groups in total. The van der Waals surface area contributed by atoms with E-state index >= 15 is 0 Å². The predicted molar refractivity (Wildman–Crippen MR) is 182 cm³/mol. The highest BCUT2D eigenvalue weighted by molar-refractivity contribution is 7.26. The van der Waals surface area contributed by atoms with Gasteiger partial charge >= 0.3 is 0 Å². The van der Waals surface area contributed by atoms with Crippen molar-refractivity contribution in [1.82, 2.24) is 9.97 Å². The third kappa shape index (κ3) is 3.40. The summed E-state index contributed by atoms with van der Waals surface area (Å²) in [5, 5.41) is 6.99. The average molecular weight is 584 g/mol. The van der Waals surface area contributed by atoms with E-state index in [0.29, 0.717) is 0 Å². The fraction of sp³-hybridized carbons (Fsp3) is 0. The Morgan fingerprint density at radius 1 is 0.523 bits per heavy atom. The topological polar surface area (TPSA) is 55.3 Å². The molecular weight excluding hydrogens is 563 g/mol. The number of fused-ring (bicyclic) bond motifs is 11. The van der Waals surface area contributed by atoms with Crippen LogP contribution < -0.4 is 4.90 Å². The molecule has 0 aliphatic carbocycles. The molecule has 0 atom stereocenters. The second kappa shape index (κ2) is 8.89. The van der Waals surface area contributed by atoms with E-state index in [0.717, 1.165) is 61.3 Å². The van der Waals surface area contributed by atoms with E-state index in [2.05, 4.69) is 71.6 Å². The number of hydrogen-bond acceptors (Lipinski definition) is 6. The minimum Gasteiger partial charge on any atom is -0.454 e. The molecule has 0 bridgehead atoms. The van der Waals surface area contributed by atoms with Gasteiger partial charge in [-0.25, -0.2) is 9.97 Å². The van der Waals surface area contributed by atoms with E-state index in [1.807, 2.05) is 72.1 Å². The van der Waals surface area contributed by atoms with Crippen LogP contribution in [-0.4, -0.2) is 9.97 Å². The van der Waals surface area contributed by atoms with Crippen molar-refractivity contribution < 1.29 is 8.83 Å². The summed E-state index contributed by atoms with van der Waals surface area (Å²) in [6.45, 7) is 0. The van der Waals surface area contributed by atoms with Crippen LogP contribution in [0.4, 0.5) is 17.2 Å². The van der Waals surface area contributed by atoms with Gasteiger partial charge in [0.05, 0.1) is 11.9 Å². The Morgan fingerprint density at radius 3 is 2.14 bits per heavy atom. The number of thiophene rings is 1. The van der Waals surface area contributed by atoms with E-state index in [-0.39, 0.29) is 0 Å². The lowest BCUT2D eigenvalue weighted by Gasteiger charge is -2.24. The van der Waals surface area contributed by atoms with Crippen LogP contribution in [0.15, 0.2) is 136 Å². The van der Waals surface area contributed by atoms with Gasteiger partial charge in [0, 0.05) is 42.7 Å². The molecule has 0 aliphatic rings. The largest absolute Gasteiger partial charge is 0.454 e. The summed E-state index contributed by atoms with van der Waals surface area (Å²) in [5.41, 5.74) is 6.66. The molecule has 0 saturated carbocycles. The molecule has 0 unspecified atom stereocenters. The van der Waals surface area contributed by atoms with Gasteiger partial charge < -0.3 is 8.83 Å². The van der Waals surface area contributed by atoms with Gasteiger partial charge in [-0.05, 0) is 65.4 Å².